The molecule has 0 aromatic heterocycles. The summed E-state index contributed by atoms with van der Waals surface area (Å²) in [7, 11) is 0. The molecule has 0 unspecified atom stereocenters. The van der Waals surface area contributed by atoms with Crippen LogP contribution in [0.2, 0.25) is 0 Å². The van der Waals surface area contributed by atoms with Gasteiger partial charge in [0.1, 0.15) is 0 Å². The van der Waals surface area contributed by atoms with E-state index in [1.165, 1.54) is 11.1 Å². The van der Waals surface area contributed by atoms with E-state index in [0.29, 0.717) is 0 Å². The van der Waals surface area contributed by atoms with Crippen LogP contribution in [0.1, 0.15) is 5.56 Å². The van der Waals surface area contributed by atoms with E-state index >= 15 is 0 Å². The van der Waals surface area contributed by atoms with Crippen molar-refractivity contribution in [2.75, 3.05) is 0 Å². The smallest absolute Gasteiger partial charge is 0.0178 e. The Morgan fingerprint density at radius 2 is 1.50 bits per heavy atom. The molecule has 0 nitrogen and oxygen atoms in total. The predicted octanol–water partition coefficient (Wildman–Crippen LogP) is 4.00. The topological polar surface area (TPSA) is 0 Å². The van der Waals surface area contributed by atoms with Crippen molar-refractivity contribution in [3.8, 4) is 11.1 Å². The second kappa shape index (κ2) is 3.93. The van der Waals surface area contributed by atoms with Gasteiger partial charge in [-0.25, -0.2) is 0 Å². The zero-order valence-electron chi connectivity index (χ0n) is 7.98. The Hall–Kier alpha value is -1.82. The zero-order valence-corrected chi connectivity index (χ0v) is 7.98. The minimum absolute atomic E-state index is 1.16. The van der Waals surface area contributed by atoms with Gasteiger partial charge in [-0.15, -0.1) is 0 Å². The molecule has 0 heteroatoms. The fraction of sp³-hybridized carbons (Fsp3) is 0. The molecule has 0 saturated carbocycles. The summed E-state index contributed by atoms with van der Waals surface area (Å²) in [5, 5.41) is 0. The Balaban J connectivity index is 2.47. The SMILES string of the molecule is C=Cc1cccc(-c2ccccc2)c1. The third-order valence-corrected chi connectivity index (χ3v) is 2.23. The standard InChI is InChI=1S/C14H12/c1-2-12-7-6-10-14(11-12)13-8-4-3-5-9-13/h2-11H,1H2. The van der Waals surface area contributed by atoms with Crippen LogP contribution in [0.25, 0.3) is 17.2 Å². The van der Waals surface area contributed by atoms with E-state index in [4.69, 9.17) is 0 Å². The highest BCUT2D eigenvalue weighted by atomic mass is 14.0. The Labute approximate surface area is 84.5 Å². The van der Waals surface area contributed by atoms with Gasteiger partial charge in [-0.05, 0) is 22.8 Å². The van der Waals surface area contributed by atoms with Crippen LogP contribution in [0.5, 0.6) is 0 Å². The van der Waals surface area contributed by atoms with Crippen molar-refractivity contribution in [2.24, 2.45) is 0 Å². The van der Waals surface area contributed by atoms with Crippen LogP contribution >= 0.6 is 0 Å². The number of hydrogen-bond donors (Lipinski definition) is 0. The molecule has 0 bridgehead atoms. The molecule has 0 radical (unpaired) electrons. The van der Waals surface area contributed by atoms with Crippen LogP contribution in [0.15, 0.2) is 61.2 Å². The number of hydrogen-bond acceptors (Lipinski definition) is 0. The highest BCUT2D eigenvalue weighted by molar-refractivity contribution is 5.66. The Kier molecular flexibility index (Phi) is 2.46. The molecule has 2 aromatic carbocycles. The van der Waals surface area contributed by atoms with Crippen molar-refractivity contribution in [2.45, 2.75) is 0 Å². The lowest BCUT2D eigenvalue weighted by Gasteiger charge is -2.01. The molecule has 0 amide bonds. The molecule has 0 N–H and O–H groups in total. The average molecular weight is 180 g/mol. The summed E-state index contributed by atoms with van der Waals surface area (Å²) < 4.78 is 0. The van der Waals surface area contributed by atoms with Crippen LogP contribution in [0, 0.1) is 0 Å². The van der Waals surface area contributed by atoms with Crippen molar-refractivity contribution >= 4 is 6.08 Å². The van der Waals surface area contributed by atoms with E-state index in [1.807, 2.05) is 12.1 Å². The van der Waals surface area contributed by atoms with E-state index in [9.17, 15) is 0 Å². The molecular weight excluding hydrogens is 168 g/mol. The normalized spacial score (nSPS) is 9.71. The van der Waals surface area contributed by atoms with Gasteiger partial charge in [0, 0.05) is 0 Å². The van der Waals surface area contributed by atoms with Crippen molar-refractivity contribution < 1.29 is 0 Å². The summed E-state index contributed by atoms with van der Waals surface area (Å²) >= 11 is 0. The van der Waals surface area contributed by atoms with Gasteiger partial charge in [-0.1, -0.05) is 61.2 Å². The van der Waals surface area contributed by atoms with E-state index < -0.39 is 0 Å². The molecule has 0 aliphatic heterocycles. The summed E-state index contributed by atoms with van der Waals surface area (Å²) in [5.74, 6) is 0. The molecule has 0 spiro atoms. The van der Waals surface area contributed by atoms with Crippen LogP contribution < -0.4 is 0 Å². The molecule has 0 aliphatic carbocycles. The molecule has 0 aliphatic rings. The first-order valence-corrected chi connectivity index (χ1v) is 4.68. The van der Waals surface area contributed by atoms with Gasteiger partial charge in [0.05, 0.1) is 0 Å². The maximum Gasteiger partial charge on any atom is -0.0178 e. The van der Waals surface area contributed by atoms with Crippen LogP contribution in [0.4, 0.5) is 0 Å². The van der Waals surface area contributed by atoms with Crippen molar-refractivity contribution in [3.63, 3.8) is 0 Å². The molecule has 2 aromatic rings. The van der Waals surface area contributed by atoms with Gasteiger partial charge in [-0.2, -0.15) is 0 Å². The minimum atomic E-state index is 1.16. The van der Waals surface area contributed by atoms with Gasteiger partial charge in [0.25, 0.3) is 0 Å². The molecule has 14 heavy (non-hydrogen) atoms. The molecule has 2 rings (SSSR count). The maximum atomic E-state index is 3.77. The fourth-order valence-corrected chi connectivity index (χ4v) is 1.48. The third-order valence-electron chi connectivity index (χ3n) is 2.23. The second-order valence-electron chi connectivity index (χ2n) is 3.20. The fourth-order valence-electron chi connectivity index (χ4n) is 1.48. The molecule has 0 atom stereocenters. The van der Waals surface area contributed by atoms with Gasteiger partial charge >= 0.3 is 0 Å². The summed E-state index contributed by atoms with van der Waals surface area (Å²) in [4.78, 5) is 0. The first-order valence-electron chi connectivity index (χ1n) is 4.68. The first kappa shape index (κ1) is 8.76. The molecule has 0 fully saturated rings. The summed E-state index contributed by atoms with van der Waals surface area (Å²) in [5.41, 5.74) is 3.64. The molecule has 0 saturated heterocycles. The number of rotatable bonds is 2. The zero-order chi connectivity index (χ0) is 9.80. The Bertz CT molecular complexity index is 427. The lowest BCUT2D eigenvalue weighted by molar-refractivity contribution is 1.60. The Morgan fingerprint density at radius 1 is 0.786 bits per heavy atom. The van der Waals surface area contributed by atoms with Crippen LogP contribution in [0.3, 0.4) is 0 Å². The summed E-state index contributed by atoms with van der Waals surface area (Å²) in [6.45, 7) is 3.77. The van der Waals surface area contributed by atoms with Crippen LogP contribution in [-0.4, -0.2) is 0 Å². The number of benzene rings is 2. The lowest BCUT2D eigenvalue weighted by atomic mass is 10.0. The average Bonchev–Trinajstić information content (AvgIpc) is 2.30. The highest BCUT2D eigenvalue weighted by Crippen LogP contribution is 2.20. The summed E-state index contributed by atoms with van der Waals surface area (Å²) in [6.07, 6.45) is 1.87. The van der Waals surface area contributed by atoms with E-state index in [-0.39, 0.29) is 0 Å². The monoisotopic (exact) mass is 180 g/mol. The van der Waals surface area contributed by atoms with Crippen molar-refractivity contribution in [1.82, 2.24) is 0 Å². The van der Waals surface area contributed by atoms with Gasteiger partial charge < -0.3 is 0 Å². The van der Waals surface area contributed by atoms with Gasteiger partial charge in [0.2, 0.25) is 0 Å². The highest BCUT2D eigenvalue weighted by Gasteiger charge is 1.95. The van der Waals surface area contributed by atoms with E-state index in [2.05, 4.69) is 55.1 Å². The quantitative estimate of drug-likeness (QED) is 0.655. The first-order chi connectivity index (χ1) is 6.90. The lowest BCUT2D eigenvalue weighted by Crippen LogP contribution is -1.77. The van der Waals surface area contributed by atoms with Gasteiger partial charge in [0.15, 0.2) is 0 Å². The van der Waals surface area contributed by atoms with Crippen molar-refractivity contribution in [1.29, 1.82) is 0 Å². The third kappa shape index (κ3) is 1.74. The maximum absolute atomic E-state index is 3.77. The molecule has 0 heterocycles. The van der Waals surface area contributed by atoms with E-state index in [1.54, 1.807) is 0 Å². The predicted molar refractivity (Wildman–Crippen MR) is 62.0 cm³/mol. The Morgan fingerprint density at radius 3 is 2.21 bits per heavy atom. The largest absolute Gasteiger partial charge is 0.0985 e. The van der Waals surface area contributed by atoms with Gasteiger partial charge in [-0.3, -0.25) is 0 Å². The van der Waals surface area contributed by atoms with Crippen LogP contribution in [-0.2, 0) is 0 Å². The second-order valence-corrected chi connectivity index (χ2v) is 3.20. The molecule has 68 valence electrons. The summed E-state index contributed by atoms with van der Waals surface area (Å²) in [6, 6.07) is 18.7. The minimum Gasteiger partial charge on any atom is -0.0985 e. The van der Waals surface area contributed by atoms with Crippen molar-refractivity contribution in [3.05, 3.63) is 66.7 Å². The van der Waals surface area contributed by atoms with E-state index in [0.717, 1.165) is 5.56 Å². The molecular formula is C14H12.